The van der Waals surface area contributed by atoms with Gasteiger partial charge in [-0.3, -0.25) is 23.7 Å². The number of hydrogen-bond acceptors (Lipinski definition) is 6. The molecule has 0 aliphatic heterocycles. The van der Waals surface area contributed by atoms with Crippen LogP contribution in [0.15, 0.2) is 188 Å². The van der Waals surface area contributed by atoms with Crippen molar-refractivity contribution in [1.29, 1.82) is 0 Å². The van der Waals surface area contributed by atoms with Crippen LogP contribution in [-0.2, 0) is 18.9 Å². The SMILES string of the molecule is CC(=O)O.CN(C(=O)c1cc2ccccc2cc1NC(=O)C(c1cccc2ccccc12)P(=O)(O)O)C1CC=C(c2ccccc2)CC1.CNC1CC=C(c2ccccc2)CC1.O=C1CC=C(c2ccccc2)CC1. The zero-order chi connectivity index (χ0) is 53.3. The van der Waals surface area contributed by atoms with Crippen molar-refractivity contribution in [3.05, 3.63) is 216 Å². The largest absolute Gasteiger partial charge is 0.481 e. The van der Waals surface area contributed by atoms with Crippen molar-refractivity contribution in [2.24, 2.45) is 0 Å². The van der Waals surface area contributed by atoms with Gasteiger partial charge in [0.2, 0.25) is 5.91 Å². The van der Waals surface area contributed by atoms with E-state index in [2.05, 4.69) is 83.5 Å². The van der Waals surface area contributed by atoms with Crippen LogP contribution in [0.5, 0.6) is 0 Å². The first-order valence-corrected chi connectivity index (χ1v) is 27.1. The molecule has 3 atom stereocenters. The van der Waals surface area contributed by atoms with Crippen LogP contribution in [0.2, 0.25) is 0 Å². The Bertz CT molecular complexity index is 3230. The molecule has 3 unspecified atom stereocenters. The fourth-order valence-electron chi connectivity index (χ4n) is 9.77. The number of anilines is 1. The van der Waals surface area contributed by atoms with E-state index in [4.69, 9.17) is 9.90 Å². The predicted molar refractivity (Wildman–Crippen MR) is 303 cm³/mol. The number of nitrogens with one attached hydrogen (secondary N) is 2. The molecule has 5 N–H and O–H groups in total. The highest BCUT2D eigenvalue weighted by Gasteiger charge is 2.39. The highest BCUT2D eigenvalue weighted by molar-refractivity contribution is 7.53. The summed E-state index contributed by atoms with van der Waals surface area (Å²) in [6.07, 6.45) is 14.8. The van der Waals surface area contributed by atoms with E-state index in [0.717, 1.165) is 42.3 Å². The minimum absolute atomic E-state index is 0.0384. The lowest BCUT2D eigenvalue weighted by molar-refractivity contribution is -0.134. The maximum atomic E-state index is 14.1. The second kappa shape index (κ2) is 26.6. The van der Waals surface area contributed by atoms with E-state index in [9.17, 15) is 28.7 Å². The van der Waals surface area contributed by atoms with Gasteiger partial charge in [0.25, 0.3) is 11.9 Å². The molecule has 3 aliphatic carbocycles. The average molecular weight is 1020 g/mol. The summed E-state index contributed by atoms with van der Waals surface area (Å²) in [5, 5.41) is 16.4. The predicted octanol–water partition coefficient (Wildman–Crippen LogP) is 13.3. The number of fused-ring (bicyclic) bond motifs is 2. The van der Waals surface area contributed by atoms with E-state index < -0.39 is 25.1 Å². The number of benzene rings is 7. The van der Waals surface area contributed by atoms with Crippen LogP contribution >= 0.6 is 7.60 Å². The van der Waals surface area contributed by atoms with Crippen LogP contribution in [-0.4, -0.2) is 69.5 Å². The molecule has 7 aromatic carbocycles. The highest BCUT2D eigenvalue weighted by Crippen LogP contribution is 2.54. The summed E-state index contributed by atoms with van der Waals surface area (Å²) in [5.41, 5.74) is 6.86. The summed E-state index contributed by atoms with van der Waals surface area (Å²) in [5.74, 6) is -1.63. The molecular weight excluding hydrogens is 958 g/mol. The van der Waals surface area contributed by atoms with Crippen LogP contribution < -0.4 is 10.6 Å². The summed E-state index contributed by atoms with van der Waals surface area (Å²) in [4.78, 5) is 70.4. The average Bonchev–Trinajstić information content (AvgIpc) is 3.43. The molecule has 0 radical (unpaired) electrons. The number of aliphatic carboxylic acids is 1. The molecule has 3 aliphatic rings. The molecule has 0 saturated carbocycles. The maximum absolute atomic E-state index is 14.1. The molecule has 11 nitrogen and oxygen atoms in total. The molecule has 0 saturated heterocycles. The molecule has 0 heterocycles. The molecule has 386 valence electrons. The zero-order valence-corrected chi connectivity index (χ0v) is 43.7. The van der Waals surface area contributed by atoms with Gasteiger partial charge in [-0.1, -0.05) is 176 Å². The van der Waals surface area contributed by atoms with Gasteiger partial charge in [-0.15, -0.1) is 0 Å². The van der Waals surface area contributed by atoms with Crippen LogP contribution in [0.4, 0.5) is 5.69 Å². The normalized spacial score (nSPS) is 16.7. The van der Waals surface area contributed by atoms with Crippen LogP contribution in [0.3, 0.4) is 0 Å². The number of carbonyl (C=O) groups excluding carboxylic acids is 3. The van der Waals surface area contributed by atoms with Crippen molar-refractivity contribution in [1.82, 2.24) is 10.2 Å². The maximum Gasteiger partial charge on any atom is 0.342 e. The first-order valence-electron chi connectivity index (χ1n) is 25.5. The molecule has 2 amide bonds. The van der Waals surface area contributed by atoms with Crippen LogP contribution in [0, 0.1) is 0 Å². The molecule has 0 spiro atoms. The number of allylic oxidation sites excluding steroid dienone is 4. The van der Waals surface area contributed by atoms with E-state index in [-0.39, 0.29) is 28.8 Å². The molecule has 10 rings (SSSR count). The van der Waals surface area contributed by atoms with Crippen LogP contribution in [0.1, 0.15) is 103 Å². The molecule has 7 aromatic rings. The van der Waals surface area contributed by atoms with Crippen molar-refractivity contribution in [2.75, 3.05) is 19.4 Å². The van der Waals surface area contributed by atoms with Crippen molar-refractivity contribution < 1.29 is 38.6 Å². The summed E-state index contributed by atoms with van der Waals surface area (Å²) in [6, 6.07) is 55.0. The number of hydrogen-bond donors (Lipinski definition) is 5. The number of ketones is 1. The second-order valence-corrected chi connectivity index (χ2v) is 20.6. The third kappa shape index (κ3) is 15.3. The Labute approximate surface area is 439 Å². The van der Waals surface area contributed by atoms with Crippen molar-refractivity contribution >= 4 is 75.1 Å². The van der Waals surface area contributed by atoms with Gasteiger partial charge in [-0.25, -0.2) is 0 Å². The van der Waals surface area contributed by atoms with Crippen molar-refractivity contribution in [3.63, 3.8) is 0 Å². The van der Waals surface area contributed by atoms with Gasteiger partial charge in [-0.05, 0) is 125 Å². The molecule has 0 fully saturated rings. The van der Waals surface area contributed by atoms with Gasteiger partial charge < -0.3 is 30.4 Å². The van der Waals surface area contributed by atoms with E-state index in [1.54, 1.807) is 48.3 Å². The molecule has 12 heteroatoms. The third-order valence-electron chi connectivity index (χ3n) is 13.8. The monoisotopic (exact) mass is 1020 g/mol. The van der Waals surface area contributed by atoms with Gasteiger partial charge in [-0.2, -0.15) is 0 Å². The fourth-order valence-corrected chi connectivity index (χ4v) is 10.7. The Morgan fingerprint density at radius 2 is 1.11 bits per heavy atom. The number of carboxylic acids is 1. The summed E-state index contributed by atoms with van der Waals surface area (Å²) >= 11 is 0. The molecule has 0 bridgehead atoms. The number of carboxylic acid groups (broad SMARTS) is 1. The second-order valence-electron chi connectivity index (χ2n) is 18.9. The first kappa shape index (κ1) is 55.2. The fraction of sp³-hybridized carbons (Fsp3) is 0.238. The molecular formula is C63H66N3O8P. The Morgan fingerprint density at radius 1 is 0.613 bits per heavy atom. The number of amides is 2. The van der Waals surface area contributed by atoms with Gasteiger partial charge in [0, 0.05) is 38.9 Å². The van der Waals surface area contributed by atoms with Gasteiger partial charge >= 0.3 is 7.60 Å². The van der Waals surface area contributed by atoms with Gasteiger partial charge in [0.1, 0.15) is 5.78 Å². The summed E-state index contributed by atoms with van der Waals surface area (Å²) in [6.45, 7) is 1.08. The van der Waals surface area contributed by atoms with E-state index in [1.165, 1.54) is 52.7 Å². The Kier molecular flexibility index (Phi) is 19.6. The third-order valence-corrected chi connectivity index (χ3v) is 15.0. The van der Waals surface area contributed by atoms with Crippen LogP contribution in [0.25, 0.3) is 38.3 Å². The number of carbonyl (C=O) groups is 4. The lowest BCUT2D eigenvalue weighted by atomic mass is 9.90. The molecule has 0 aromatic heterocycles. The zero-order valence-electron chi connectivity index (χ0n) is 42.8. The lowest BCUT2D eigenvalue weighted by Gasteiger charge is -2.31. The minimum atomic E-state index is -4.97. The van der Waals surface area contributed by atoms with Crippen molar-refractivity contribution in [2.45, 2.75) is 82.5 Å². The Morgan fingerprint density at radius 3 is 1.60 bits per heavy atom. The highest BCUT2D eigenvalue weighted by atomic mass is 31.2. The quantitative estimate of drug-likeness (QED) is 0.0836. The van der Waals surface area contributed by atoms with E-state index in [1.807, 2.05) is 85.9 Å². The Balaban J connectivity index is 0.000000212. The number of Topliss-reactive ketones (excluding diaryl/α,β-unsaturated/α-hetero) is 1. The smallest absolute Gasteiger partial charge is 0.342 e. The minimum Gasteiger partial charge on any atom is -0.481 e. The van der Waals surface area contributed by atoms with Gasteiger partial charge in [0.15, 0.2) is 5.66 Å². The number of nitrogens with zero attached hydrogens (tertiary/aromatic N) is 1. The standard InChI is InChI=1S/C36H33N2O5P.C13H17N.C12H12O.C2H4O2/c1-38(29-20-18-25(19-21-29)24-10-3-2-4-11-24)36(40)32-22-27-13-5-6-14-28(27)23-33(32)37-35(39)34(44(41,42)43)31-17-9-15-26-12-7-8-16-30(26)31;1-14-13-9-7-12(8-10-13)11-5-3-2-4-6-11;13-12-8-6-11(7-9-12)10-4-2-1-3-5-10;1-2(3)4/h2-18,22-23,29,34H,19-21H2,1H3,(H,37,39)(H2,41,42,43);2-7,13-14H,8-10H2,1H3;1-6H,7-9H2;1H3,(H,3,4). The summed E-state index contributed by atoms with van der Waals surface area (Å²) in [7, 11) is -1.15. The van der Waals surface area contributed by atoms with Crippen molar-refractivity contribution in [3.8, 4) is 0 Å². The topological polar surface area (TPSA) is 173 Å². The first-order chi connectivity index (χ1) is 36.2. The van der Waals surface area contributed by atoms with E-state index >= 15 is 0 Å². The number of rotatable bonds is 10. The lowest BCUT2D eigenvalue weighted by Crippen LogP contribution is -2.38. The van der Waals surface area contributed by atoms with E-state index in [0.29, 0.717) is 36.5 Å². The van der Waals surface area contributed by atoms with Gasteiger partial charge in [0.05, 0.1) is 11.3 Å². The Hall–Kier alpha value is -7.53. The molecule has 75 heavy (non-hydrogen) atoms. The summed E-state index contributed by atoms with van der Waals surface area (Å²) < 4.78 is 12.8.